The minimum absolute atomic E-state index is 0.151. The lowest BCUT2D eigenvalue weighted by atomic mass is 9.76. The molecule has 1 saturated carbocycles. The number of nitrogens with one attached hydrogen (secondary N) is 1. The summed E-state index contributed by atoms with van der Waals surface area (Å²) in [5, 5.41) is 3.31. The van der Waals surface area contributed by atoms with Crippen molar-refractivity contribution in [2.24, 2.45) is 11.8 Å². The van der Waals surface area contributed by atoms with E-state index in [1.165, 1.54) is 16.7 Å². The largest absolute Gasteiger partial charge is 0.391 e. The quantitative estimate of drug-likeness (QED) is 0.834. The number of hydrogen-bond acceptors (Lipinski definition) is 1. The van der Waals surface area contributed by atoms with Gasteiger partial charge in [0.2, 0.25) is 0 Å². The first kappa shape index (κ1) is 16.3. The first-order chi connectivity index (χ1) is 9.82. The molecule has 2 rings (SSSR count). The van der Waals surface area contributed by atoms with E-state index in [9.17, 15) is 13.2 Å². The number of rotatable bonds is 3. The summed E-state index contributed by atoms with van der Waals surface area (Å²) in [6.07, 6.45) is -2.22. The average molecular weight is 299 g/mol. The van der Waals surface area contributed by atoms with Crippen molar-refractivity contribution in [3.63, 3.8) is 0 Å². The number of halogens is 3. The standard InChI is InChI=1S/C17H24F3N/c1-11-4-5-14(10-12(11)2)16(21-3)13-6-8-15(9-7-13)17(18,19)20/h4-5,10,13,15-16,21H,6-9H2,1-3H3. The highest BCUT2D eigenvalue weighted by Gasteiger charge is 2.42. The van der Waals surface area contributed by atoms with E-state index in [1.807, 2.05) is 7.05 Å². The zero-order valence-corrected chi connectivity index (χ0v) is 12.9. The molecule has 1 unspecified atom stereocenters. The second kappa shape index (κ2) is 6.39. The van der Waals surface area contributed by atoms with Crippen molar-refractivity contribution in [3.8, 4) is 0 Å². The summed E-state index contributed by atoms with van der Waals surface area (Å²) in [6, 6.07) is 6.50. The van der Waals surface area contributed by atoms with Crippen molar-refractivity contribution < 1.29 is 13.2 Å². The minimum atomic E-state index is -4.03. The molecule has 0 bridgehead atoms. The fourth-order valence-electron chi connectivity index (χ4n) is 3.41. The van der Waals surface area contributed by atoms with Gasteiger partial charge in [0.1, 0.15) is 0 Å². The molecular weight excluding hydrogens is 275 g/mol. The summed E-state index contributed by atoms with van der Waals surface area (Å²) in [6.45, 7) is 4.15. The summed E-state index contributed by atoms with van der Waals surface area (Å²) in [5.74, 6) is -0.818. The van der Waals surface area contributed by atoms with E-state index in [0.717, 1.165) is 0 Å². The Hall–Kier alpha value is -1.03. The fourth-order valence-corrected chi connectivity index (χ4v) is 3.41. The average Bonchev–Trinajstić information content (AvgIpc) is 2.43. The second-order valence-electron chi connectivity index (χ2n) is 6.26. The van der Waals surface area contributed by atoms with Gasteiger partial charge < -0.3 is 5.32 Å². The maximum Gasteiger partial charge on any atom is 0.391 e. The van der Waals surface area contributed by atoms with Crippen molar-refractivity contribution in [2.75, 3.05) is 7.05 Å². The van der Waals surface area contributed by atoms with Crippen molar-refractivity contribution in [1.29, 1.82) is 0 Å². The van der Waals surface area contributed by atoms with E-state index in [1.54, 1.807) is 0 Å². The van der Waals surface area contributed by atoms with E-state index in [0.29, 0.717) is 12.8 Å². The third-order valence-electron chi connectivity index (χ3n) is 4.91. The van der Waals surface area contributed by atoms with Crippen molar-refractivity contribution >= 4 is 0 Å². The fraction of sp³-hybridized carbons (Fsp3) is 0.647. The smallest absolute Gasteiger partial charge is 0.313 e. The Bertz CT molecular complexity index is 473. The number of benzene rings is 1. The maximum atomic E-state index is 12.8. The van der Waals surface area contributed by atoms with Gasteiger partial charge in [-0.25, -0.2) is 0 Å². The Morgan fingerprint density at radius 3 is 2.14 bits per heavy atom. The van der Waals surface area contributed by atoms with Crippen LogP contribution in [0.15, 0.2) is 18.2 Å². The lowest BCUT2D eigenvalue weighted by Gasteiger charge is -2.35. The van der Waals surface area contributed by atoms with Gasteiger partial charge in [0.05, 0.1) is 5.92 Å². The maximum absolute atomic E-state index is 12.8. The molecule has 1 aromatic carbocycles. The molecule has 0 aliphatic heterocycles. The molecule has 4 heteroatoms. The number of hydrogen-bond donors (Lipinski definition) is 1. The van der Waals surface area contributed by atoms with Crippen molar-refractivity contribution in [2.45, 2.75) is 51.7 Å². The second-order valence-corrected chi connectivity index (χ2v) is 6.26. The summed E-state index contributed by atoms with van der Waals surface area (Å²) in [5.41, 5.74) is 3.67. The molecular formula is C17H24F3N. The van der Waals surface area contributed by atoms with Gasteiger partial charge in [-0.05, 0) is 69.2 Å². The Labute approximate surface area is 124 Å². The molecule has 1 nitrogen and oxygen atoms in total. The lowest BCUT2D eigenvalue weighted by Crippen LogP contribution is -2.33. The SMILES string of the molecule is CNC(c1ccc(C)c(C)c1)C1CCC(C(F)(F)F)CC1. The molecule has 0 amide bonds. The van der Waals surface area contributed by atoms with Crippen LogP contribution in [0.4, 0.5) is 13.2 Å². The summed E-state index contributed by atoms with van der Waals surface area (Å²) in [7, 11) is 1.90. The molecule has 0 heterocycles. The third kappa shape index (κ3) is 3.79. The highest BCUT2D eigenvalue weighted by Crippen LogP contribution is 2.43. The van der Waals surface area contributed by atoms with Crippen LogP contribution in [0, 0.1) is 25.7 Å². The lowest BCUT2D eigenvalue weighted by molar-refractivity contribution is -0.184. The Kier molecular flexibility index (Phi) is 4.97. The van der Waals surface area contributed by atoms with Crippen LogP contribution in [0.2, 0.25) is 0 Å². The predicted octanol–water partition coefficient (Wildman–Crippen LogP) is 4.93. The van der Waals surface area contributed by atoms with E-state index < -0.39 is 12.1 Å². The van der Waals surface area contributed by atoms with E-state index in [4.69, 9.17) is 0 Å². The van der Waals surface area contributed by atoms with Crippen LogP contribution >= 0.6 is 0 Å². The number of aryl methyl sites for hydroxylation is 2. The third-order valence-corrected chi connectivity index (χ3v) is 4.91. The van der Waals surface area contributed by atoms with Crippen LogP contribution in [0.1, 0.15) is 48.4 Å². The topological polar surface area (TPSA) is 12.0 Å². The molecule has 1 aliphatic carbocycles. The van der Waals surface area contributed by atoms with Crippen LogP contribution in [0.25, 0.3) is 0 Å². The van der Waals surface area contributed by atoms with Crippen LogP contribution in [0.3, 0.4) is 0 Å². The van der Waals surface area contributed by atoms with Gasteiger partial charge in [0, 0.05) is 6.04 Å². The van der Waals surface area contributed by atoms with E-state index >= 15 is 0 Å². The molecule has 0 aromatic heterocycles. The first-order valence-electron chi connectivity index (χ1n) is 7.64. The van der Waals surface area contributed by atoms with E-state index in [2.05, 4.69) is 37.4 Å². The van der Waals surface area contributed by atoms with Gasteiger partial charge in [0.15, 0.2) is 0 Å². The Morgan fingerprint density at radius 2 is 1.67 bits per heavy atom. The first-order valence-corrected chi connectivity index (χ1v) is 7.64. The molecule has 118 valence electrons. The highest BCUT2D eigenvalue weighted by molar-refractivity contribution is 5.32. The zero-order chi connectivity index (χ0) is 15.6. The van der Waals surface area contributed by atoms with Gasteiger partial charge in [0.25, 0.3) is 0 Å². The predicted molar refractivity (Wildman–Crippen MR) is 79.2 cm³/mol. The summed E-state index contributed by atoms with van der Waals surface area (Å²) in [4.78, 5) is 0. The van der Waals surface area contributed by atoms with Crippen LogP contribution < -0.4 is 5.32 Å². The van der Waals surface area contributed by atoms with Crippen LogP contribution in [-0.4, -0.2) is 13.2 Å². The van der Waals surface area contributed by atoms with Crippen molar-refractivity contribution in [3.05, 3.63) is 34.9 Å². The number of alkyl halides is 3. The highest BCUT2D eigenvalue weighted by atomic mass is 19.4. The van der Waals surface area contributed by atoms with Crippen LogP contribution in [-0.2, 0) is 0 Å². The van der Waals surface area contributed by atoms with Crippen molar-refractivity contribution in [1.82, 2.24) is 5.32 Å². The molecule has 1 aliphatic rings. The molecule has 1 fully saturated rings. The normalized spacial score (nSPS) is 24.9. The summed E-state index contributed by atoms with van der Waals surface area (Å²) >= 11 is 0. The minimum Gasteiger partial charge on any atom is -0.313 e. The van der Waals surface area contributed by atoms with Gasteiger partial charge in [-0.3, -0.25) is 0 Å². The Balaban J connectivity index is 2.07. The monoisotopic (exact) mass is 299 g/mol. The zero-order valence-electron chi connectivity index (χ0n) is 12.9. The molecule has 21 heavy (non-hydrogen) atoms. The Morgan fingerprint density at radius 1 is 1.05 bits per heavy atom. The van der Waals surface area contributed by atoms with Crippen LogP contribution in [0.5, 0.6) is 0 Å². The van der Waals surface area contributed by atoms with E-state index in [-0.39, 0.29) is 24.8 Å². The molecule has 0 saturated heterocycles. The van der Waals surface area contributed by atoms with Gasteiger partial charge in [-0.15, -0.1) is 0 Å². The summed E-state index contributed by atoms with van der Waals surface area (Å²) < 4.78 is 38.3. The molecule has 1 atom stereocenters. The molecule has 0 radical (unpaired) electrons. The molecule has 0 spiro atoms. The molecule has 1 aromatic rings. The van der Waals surface area contributed by atoms with Gasteiger partial charge in [-0.2, -0.15) is 13.2 Å². The van der Waals surface area contributed by atoms with Gasteiger partial charge in [-0.1, -0.05) is 18.2 Å². The molecule has 1 N–H and O–H groups in total. The van der Waals surface area contributed by atoms with Gasteiger partial charge >= 0.3 is 6.18 Å².